The Morgan fingerprint density at radius 3 is 2.67 bits per heavy atom. The number of hydrogen-bond acceptors (Lipinski definition) is 7. The van der Waals surface area contributed by atoms with Gasteiger partial charge < -0.3 is 14.0 Å². The van der Waals surface area contributed by atoms with Crippen LogP contribution in [0.25, 0.3) is 11.3 Å². The SMILES string of the molecule is Cn1cc(-c2cc3nc(n2)Oc2cc(Cl)cc(c2Cl)OC/C=C\CCS(=O)(=O)N3)ccc1=O. The highest BCUT2D eigenvalue weighted by atomic mass is 35.5. The second-order valence-corrected chi connectivity index (χ2v) is 9.75. The van der Waals surface area contributed by atoms with Gasteiger partial charge in [-0.1, -0.05) is 35.4 Å². The summed E-state index contributed by atoms with van der Waals surface area (Å²) in [4.78, 5) is 20.3. The van der Waals surface area contributed by atoms with E-state index in [4.69, 9.17) is 32.7 Å². The molecule has 33 heavy (non-hydrogen) atoms. The zero-order valence-electron chi connectivity index (χ0n) is 17.3. The fourth-order valence-electron chi connectivity index (χ4n) is 2.99. The molecule has 0 fully saturated rings. The maximum atomic E-state index is 12.5. The molecule has 0 unspecified atom stereocenters. The van der Waals surface area contributed by atoms with E-state index in [9.17, 15) is 13.2 Å². The number of ether oxygens (including phenoxy) is 2. The molecule has 3 aromatic rings. The standard InChI is InChI=1S/C21H18Cl2N4O5S/c1-27-12-13(5-6-19(27)28)15-11-18-25-21(24-15)32-17-10-14(22)9-16(20(17)23)31-7-3-2-4-8-33(29,30)26-18/h2-3,5-6,9-12H,4,7-8H2,1H3,(H,24,25,26)/b3-2-. The van der Waals surface area contributed by atoms with Crippen LogP contribution in [0.2, 0.25) is 10.0 Å². The van der Waals surface area contributed by atoms with Crippen LogP contribution in [-0.4, -0.2) is 35.3 Å². The summed E-state index contributed by atoms with van der Waals surface area (Å²) >= 11 is 12.6. The van der Waals surface area contributed by atoms with Crippen LogP contribution < -0.4 is 19.8 Å². The highest BCUT2D eigenvalue weighted by Crippen LogP contribution is 2.39. The Balaban J connectivity index is 1.86. The van der Waals surface area contributed by atoms with Gasteiger partial charge >= 0.3 is 6.01 Å². The average Bonchev–Trinajstić information content (AvgIpc) is 2.74. The third-order valence-corrected chi connectivity index (χ3v) is 6.46. The van der Waals surface area contributed by atoms with E-state index in [1.54, 1.807) is 37.5 Å². The van der Waals surface area contributed by atoms with Crippen LogP contribution >= 0.6 is 23.2 Å². The number of nitrogens with zero attached hydrogens (tertiary/aromatic N) is 3. The maximum absolute atomic E-state index is 12.5. The molecule has 1 aliphatic heterocycles. The summed E-state index contributed by atoms with van der Waals surface area (Å²) < 4.78 is 40.3. The lowest BCUT2D eigenvalue weighted by atomic mass is 10.2. The normalized spacial score (nSPS) is 16.3. The Kier molecular flexibility index (Phi) is 6.59. The molecule has 0 amide bonds. The van der Waals surface area contributed by atoms with E-state index in [-0.39, 0.29) is 46.9 Å². The molecule has 4 rings (SSSR count). The van der Waals surface area contributed by atoms with Gasteiger partial charge in [0.2, 0.25) is 15.6 Å². The van der Waals surface area contributed by atoms with Crippen molar-refractivity contribution in [2.75, 3.05) is 17.1 Å². The summed E-state index contributed by atoms with van der Waals surface area (Å²) in [5.74, 6) is 0.250. The molecule has 1 aliphatic rings. The zero-order valence-corrected chi connectivity index (χ0v) is 19.6. The Morgan fingerprint density at radius 1 is 1.09 bits per heavy atom. The van der Waals surface area contributed by atoms with Crippen LogP contribution in [-0.2, 0) is 17.1 Å². The molecule has 0 atom stereocenters. The van der Waals surface area contributed by atoms with E-state index in [1.165, 1.54) is 22.8 Å². The van der Waals surface area contributed by atoms with Crippen LogP contribution in [0.3, 0.4) is 0 Å². The first-order valence-electron chi connectivity index (χ1n) is 9.71. The molecule has 1 N–H and O–H groups in total. The number of pyridine rings is 1. The lowest BCUT2D eigenvalue weighted by Gasteiger charge is -2.13. The molecule has 172 valence electrons. The molecule has 0 saturated carbocycles. The number of nitrogens with one attached hydrogen (secondary N) is 1. The first-order valence-corrected chi connectivity index (χ1v) is 12.1. The van der Waals surface area contributed by atoms with Gasteiger partial charge in [-0.2, -0.15) is 9.97 Å². The topological polar surface area (TPSA) is 112 Å². The second kappa shape index (κ2) is 9.42. The average molecular weight is 509 g/mol. The van der Waals surface area contributed by atoms with Crippen molar-refractivity contribution in [3.05, 3.63) is 69.1 Å². The van der Waals surface area contributed by atoms with Crippen molar-refractivity contribution < 1.29 is 17.9 Å². The molecule has 3 heterocycles. The number of rotatable bonds is 1. The monoisotopic (exact) mass is 508 g/mol. The lowest BCUT2D eigenvalue weighted by Crippen LogP contribution is -2.18. The summed E-state index contributed by atoms with van der Waals surface area (Å²) in [6.07, 6.45) is 5.20. The molecule has 0 saturated heterocycles. The lowest BCUT2D eigenvalue weighted by molar-refractivity contribution is 0.359. The van der Waals surface area contributed by atoms with Gasteiger partial charge in [-0.15, -0.1) is 0 Å². The number of fused-ring (bicyclic) bond motifs is 4. The Bertz CT molecular complexity index is 1410. The molecule has 12 heteroatoms. The van der Waals surface area contributed by atoms with Gasteiger partial charge in [-0.3, -0.25) is 9.52 Å². The fraction of sp³-hybridized carbons (Fsp3) is 0.190. The number of halogens is 2. The number of sulfonamides is 1. The Morgan fingerprint density at radius 2 is 1.88 bits per heavy atom. The van der Waals surface area contributed by atoms with E-state index in [2.05, 4.69) is 14.7 Å². The summed E-state index contributed by atoms with van der Waals surface area (Å²) in [5.41, 5.74) is 0.668. The minimum atomic E-state index is -3.71. The molecule has 0 aliphatic carbocycles. The van der Waals surface area contributed by atoms with E-state index in [0.717, 1.165) is 0 Å². The number of anilines is 1. The summed E-state index contributed by atoms with van der Waals surface area (Å²) in [5, 5.41) is 0.466. The highest BCUT2D eigenvalue weighted by molar-refractivity contribution is 7.92. The van der Waals surface area contributed by atoms with Crippen molar-refractivity contribution >= 4 is 39.0 Å². The van der Waals surface area contributed by atoms with Crippen molar-refractivity contribution in [2.45, 2.75) is 6.42 Å². The fourth-order valence-corrected chi connectivity index (χ4v) is 4.36. The van der Waals surface area contributed by atoms with Crippen molar-refractivity contribution in [1.29, 1.82) is 0 Å². The largest absolute Gasteiger partial charge is 0.488 e. The van der Waals surface area contributed by atoms with E-state index < -0.39 is 10.0 Å². The predicted octanol–water partition coefficient (Wildman–Crippen LogP) is 4.02. The minimum absolute atomic E-state index is 0.00247. The number of aromatic nitrogens is 3. The molecule has 1 aromatic carbocycles. The van der Waals surface area contributed by atoms with Crippen molar-refractivity contribution in [3.63, 3.8) is 0 Å². The van der Waals surface area contributed by atoms with Gasteiger partial charge in [0.15, 0.2) is 5.75 Å². The highest BCUT2D eigenvalue weighted by Gasteiger charge is 2.18. The van der Waals surface area contributed by atoms with Gasteiger partial charge in [-0.25, -0.2) is 8.42 Å². The molecular formula is C21H18Cl2N4O5S. The van der Waals surface area contributed by atoms with Crippen molar-refractivity contribution in [3.8, 4) is 28.8 Å². The van der Waals surface area contributed by atoms with Gasteiger partial charge in [0, 0.05) is 48.1 Å². The summed E-state index contributed by atoms with van der Waals surface area (Å²) in [6.45, 7) is 0.161. The van der Waals surface area contributed by atoms with E-state index in [0.29, 0.717) is 22.0 Å². The zero-order chi connectivity index (χ0) is 23.6. The van der Waals surface area contributed by atoms with Crippen molar-refractivity contribution in [2.24, 2.45) is 7.05 Å². The van der Waals surface area contributed by atoms with Gasteiger partial charge in [0.1, 0.15) is 23.2 Å². The van der Waals surface area contributed by atoms with E-state index >= 15 is 0 Å². The Hall–Kier alpha value is -3.08. The van der Waals surface area contributed by atoms with Crippen LogP contribution in [0.5, 0.6) is 17.5 Å². The number of hydrogen-bond donors (Lipinski definition) is 1. The van der Waals surface area contributed by atoms with Gasteiger partial charge in [-0.05, 0) is 12.5 Å². The predicted molar refractivity (Wildman–Crippen MR) is 126 cm³/mol. The summed E-state index contributed by atoms with van der Waals surface area (Å²) in [6, 6.07) is 7.23. The van der Waals surface area contributed by atoms with Crippen molar-refractivity contribution in [1.82, 2.24) is 14.5 Å². The molecule has 0 radical (unpaired) electrons. The van der Waals surface area contributed by atoms with Crippen LogP contribution in [0, 0.1) is 0 Å². The van der Waals surface area contributed by atoms with Gasteiger partial charge in [0.05, 0.1) is 11.4 Å². The maximum Gasteiger partial charge on any atom is 0.324 e. The number of benzene rings is 1. The molecule has 4 bridgehead atoms. The number of aryl methyl sites for hydroxylation is 1. The molecule has 2 aromatic heterocycles. The smallest absolute Gasteiger partial charge is 0.324 e. The molecule has 9 nitrogen and oxygen atoms in total. The molecule has 0 spiro atoms. The summed E-state index contributed by atoms with van der Waals surface area (Å²) in [7, 11) is -2.12. The van der Waals surface area contributed by atoms with Gasteiger partial charge in [0.25, 0.3) is 0 Å². The minimum Gasteiger partial charge on any atom is -0.488 e. The quantitative estimate of drug-likeness (QED) is 0.493. The third-order valence-electron chi connectivity index (χ3n) is 4.57. The molecular weight excluding hydrogens is 491 g/mol. The van der Waals surface area contributed by atoms with Crippen LogP contribution in [0.1, 0.15) is 6.42 Å². The first-order chi connectivity index (χ1) is 15.7. The van der Waals surface area contributed by atoms with Crippen LogP contribution in [0.15, 0.2) is 53.5 Å². The van der Waals surface area contributed by atoms with Crippen LogP contribution in [0.4, 0.5) is 5.82 Å². The van der Waals surface area contributed by atoms with E-state index in [1.807, 2.05) is 0 Å². The third kappa shape index (κ3) is 5.65. The first kappa shape index (κ1) is 23.1. The number of allylic oxidation sites excluding steroid dienone is 1. The Labute approximate surface area is 199 Å². The second-order valence-electron chi connectivity index (χ2n) is 7.10.